The molecule has 1 amide bonds. The first-order valence-electron chi connectivity index (χ1n) is 7.78. The van der Waals surface area contributed by atoms with E-state index in [-0.39, 0.29) is 11.8 Å². The molecule has 0 aliphatic carbocycles. The van der Waals surface area contributed by atoms with Crippen molar-refractivity contribution in [1.82, 2.24) is 9.88 Å². The van der Waals surface area contributed by atoms with Crippen LogP contribution in [0.4, 0.5) is 5.69 Å². The van der Waals surface area contributed by atoms with Crippen molar-refractivity contribution >= 4 is 11.6 Å². The predicted molar refractivity (Wildman–Crippen MR) is 81.3 cm³/mol. The fraction of sp³-hybridized carbons (Fsp3) is 0.625. The van der Waals surface area contributed by atoms with Gasteiger partial charge in [-0.1, -0.05) is 0 Å². The fourth-order valence-corrected chi connectivity index (χ4v) is 3.19. The molecule has 2 aliphatic rings. The number of aryl methyl sites for hydroxylation is 1. The summed E-state index contributed by atoms with van der Waals surface area (Å²) in [6.07, 6.45) is 5.63. The van der Waals surface area contributed by atoms with Crippen LogP contribution in [0.3, 0.4) is 0 Å². The van der Waals surface area contributed by atoms with Gasteiger partial charge in [-0.3, -0.25) is 9.78 Å². The second-order valence-electron chi connectivity index (χ2n) is 5.89. The molecule has 0 aromatic carbocycles. The zero-order valence-electron chi connectivity index (χ0n) is 12.6. The maximum Gasteiger partial charge on any atom is 0.228 e. The number of nitrogens with zero attached hydrogens (tertiary/aromatic N) is 3. The number of amides is 1. The van der Waals surface area contributed by atoms with Crippen LogP contribution >= 0.6 is 0 Å². The van der Waals surface area contributed by atoms with Gasteiger partial charge in [0.05, 0.1) is 12.5 Å². The van der Waals surface area contributed by atoms with E-state index in [1.165, 1.54) is 11.3 Å². The Hall–Kier alpha value is -1.62. The average molecular weight is 289 g/mol. The number of anilines is 1. The maximum absolute atomic E-state index is 12.5. The fourth-order valence-electron chi connectivity index (χ4n) is 3.19. The zero-order valence-corrected chi connectivity index (χ0v) is 12.6. The largest absolute Gasteiger partial charge is 0.381 e. The molecule has 0 spiro atoms. The van der Waals surface area contributed by atoms with Crippen molar-refractivity contribution in [2.75, 3.05) is 44.3 Å². The second-order valence-corrected chi connectivity index (χ2v) is 5.89. The SMILES string of the molecule is Cc1cnccc1N1CCCN(C(=O)[C@H]2CCOC2)CC1. The molecule has 2 aliphatic heterocycles. The number of hydrogen-bond acceptors (Lipinski definition) is 4. The van der Waals surface area contributed by atoms with E-state index < -0.39 is 0 Å². The van der Waals surface area contributed by atoms with Crippen LogP contribution in [-0.2, 0) is 9.53 Å². The van der Waals surface area contributed by atoms with Gasteiger partial charge in [0.2, 0.25) is 5.91 Å². The van der Waals surface area contributed by atoms with Crippen molar-refractivity contribution in [3.05, 3.63) is 24.0 Å². The summed E-state index contributed by atoms with van der Waals surface area (Å²) in [5.41, 5.74) is 2.44. The average Bonchev–Trinajstić information content (AvgIpc) is 2.92. The van der Waals surface area contributed by atoms with Crippen molar-refractivity contribution in [2.45, 2.75) is 19.8 Å². The molecule has 1 aromatic heterocycles. The highest BCUT2D eigenvalue weighted by Crippen LogP contribution is 2.21. The molecule has 1 aromatic rings. The predicted octanol–water partition coefficient (Wildman–Crippen LogP) is 1.47. The summed E-state index contributed by atoms with van der Waals surface area (Å²) in [5.74, 6) is 0.361. The third-order valence-corrected chi connectivity index (χ3v) is 4.42. The van der Waals surface area contributed by atoms with Crippen LogP contribution in [-0.4, -0.2) is 55.2 Å². The van der Waals surface area contributed by atoms with Crippen molar-refractivity contribution in [1.29, 1.82) is 0 Å². The molecule has 0 unspecified atom stereocenters. The van der Waals surface area contributed by atoms with Gasteiger partial charge in [0, 0.05) is 50.9 Å². The Morgan fingerprint density at radius 2 is 2.24 bits per heavy atom. The Morgan fingerprint density at radius 1 is 1.33 bits per heavy atom. The third kappa shape index (κ3) is 3.18. The van der Waals surface area contributed by atoms with E-state index in [1.807, 2.05) is 17.3 Å². The molecule has 0 N–H and O–H groups in total. The molecule has 5 nitrogen and oxygen atoms in total. The minimum atomic E-state index is 0.0826. The summed E-state index contributed by atoms with van der Waals surface area (Å²) >= 11 is 0. The molecule has 5 heteroatoms. The van der Waals surface area contributed by atoms with Gasteiger partial charge in [-0.15, -0.1) is 0 Å². The molecule has 2 fully saturated rings. The number of carbonyl (C=O) groups is 1. The summed E-state index contributed by atoms with van der Waals surface area (Å²) in [6.45, 7) is 6.97. The van der Waals surface area contributed by atoms with E-state index in [0.717, 1.165) is 45.6 Å². The number of aromatic nitrogens is 1. The molecule has 1 atom stereocenters. The van der Waals surface area contributed by atoms with Crippen LogP contribution in [0.1, 0.15) is 18.4 Å². The maximum atomic E-state index is 12.5. The monoisotopic (exact) mass is 289 g/mol. The van der Waals surface area contributed by atoms with Crippen molar-refractivity contribution in [3.8, 4) is 0 Å². The number of rotatable bonds is 2. The summed E-state index contributed by atoms with van der Waals surface area (Å²) in [7, 11) is 0. The van der Waals surface area contributed by atoms with Gasteiger partial charge in [0.1, 0.15) is 0 Å². The summed E-state index contributed by atoms with van der Waals surface area (Å²) in [5, 5.41) is 0. The van der Waals surface area contributed by atoms with E-state index in [2.05, 4.69) is 22.9 Å². The molecule has 0 saturated carbocycles. The first-order chi connectivity index (χ1) is 10.3. The molecular weight excluding hydrogens is 266 g/mol. The molecule has 0 radical (unpaired) electrons. The molecule has 3 rings (SSSR count). The molecule has 114 valence electrons. The van der Waals surface area contributed by atoms with E-state index in [0.29, 0.717) is 6.61 Å². The smallest absolute Gasteiger partial charge is 0.228 e. The Balaban J connectivity index is 1.64. The normalized spacial score (nSPS) is 23.2. The summed E-state index contributed by atoms with van der Waals surface area (Å²) in [6, 6.07) is 2.07. The molecule has 3 heterocycles. The molecule has 21 heavy (non-hydrogen) atoms. The zero-order chi connectivity index (χ0) is 14.7. The Morgan fingerprint density at radius 3 is 3.00 bits per heavy atom. The number of pyridine rings is 1. The first-order valence-corrected chi connectivity index (χ1v) is 7.78. The van der Waals surface area contributed by atoms with Crippen LogP contribution in [0.2, 0.25) is 0 Å². The van der Waals surface area contributed by atoms with Gasteiger partial charge in [0.15, 0.2) is 0 Å². The van der Waals surface area contributed by atoms with Gasteiger partial charge in [-0.05, 0) is 31.4 Å². The molecular formula is C16H23N3O2. The number of carbonyl (C=O) groups excluding carboxylic acids is 1. The van der Waals surface area contributed by atoms with Crippen LogP contribution in [0.5, 0.6) is 0 Å². The lowest BCUT2D eigenvalue weighted by molar-refractivity contribution is -0.135. The van der Waals surface area contributed by atoms with E-state index >= 15 is 0 Å². The molecule has 0 bridgehead atoms. The van der Waals surface area contributed by atoms with Gasteiger partial charge in [-0.25, -0.2) is 0 Å². The van der Waals surface area contributed by atoms with E-state index in [9.17, 15) is 4.79 Å². The Labute approximate surface area is 125 Å². The van der Waals surface area contributed by atoms with Crippen LogP contribution in [0, 0.1) is 12.8 Å². The van der Waals surface area contributed by atoms with Crippen molar-refractivity contribution < 1.29 is 9.53 Å². The first kappa shape index (κ1) is 14.3. The Bertz CT molecular complexity index is 500. The van der Waals surface area contributed by atoms with Crippen LogP contribution in [0.25, 0.3) is 0 Å². The van der Waals surface area contributed by atoms with Crippen molar-refractivity contribution in [3.63, 3.8) is 0 Å². The highest BCUT2D eigenvalue weighted by molar-refractivity contribution is 5.79. The minimum absolute atomic E-state index is 0.0826. The minimum Gasteiger partial charge on any atom is -0.381 e. The van der Waals surface area contributed by atoms with Crippen LogP contribution < -0.4 is 4.90 Å². The topological polar surface area (TPSA) is 45.7 Å². The van der Waals surface area contributed by atoms with E-state index in [4.69, 9.17) is 4.74 Å². The third-order valence-electron chi connectivity index (χ3n) is 4.42. The van der Waals surface area contributed by atoms with Gasteiger partial charge in [0.25, 0.3) is 0 Å². The highest BCUT2D eigenvalue weighted by atomic mass is 16.5. The van der Waals surface area contributed by atoms with Gasteiger partial charge < -0.3 is 14.5 Å². The lowest BCUT2D eigenvalue weighted by Crippen LogP contribution is -2.39. The summed E-state index contributed by atoms with van der Waals surface area (Å²) < 4.78 is 5.34. The van der Waals surface area contributed by atoms with Crippen molar-refractivity contribution in [2.24, 2.45) is 5.92 Å². The molecule has 2 saturated heterocycles. The van der Waals surface area contributed by atoms with E-state index in [1.54, 1.807) is 0 Å². The van der Waals surface area contributed by atoms with Gasteiger partial charge in [-0.2, -0.15) is 0 Å². The number of ether oxygens (including phenoxy) is 1. The lowest BCUT2D eigenvalue weighted by atomic mass is 10.1. The summed E-state index contributed by atoms with van der Waals surface area (Å²) in [4.78, 5) is 21.0. The second kappa shape index (κ2) is 6.43. The lowest BCUT2D eigenvalue weighted by Gasteiger charge is -2.25. The van der Waals surface area contributed by atoms with Gasteiger partial charge >= 0.3 is 0 Å². The standard InChI is InChI=1S/C16H23N3O2/c1-13-11-17-5-3-15(13)18-6-2-7-19(9-8-18)16(20)14-4-10-21-12-14/h3,5,11,14H,2,4,6-10,12H2,1H3/t14-/m0/s1. The van der Waals surface area contributed by atoms with Crippen LogP contribution in [0.15, 0.2) is 18.5 Å². The number of hydrogen-bond donors (Lipinski definition) is 0. The quantitative estimate of drug-likeness (QED) is 0.827. The highest BCUT2D eigenvalue weighted by Gasteiger charge is 2.29. The Kier molecular flexibility index (Phi) is 4.39.